The predicted molar refractivity (Wildman–Crippen MR) is 67.7 cm³/mol. The van der Waals surface area contributed by atoms with E-state index in [0.29, 0.717) is 18.5 Å². The van der Waals surface area contributed by atoms with Crippen LogP contribution >= 0.6 is 0 Å². The molecule has 0 aliphatic carbocycles. The molecule has 1 aliphatic rings. The fraction of sp³-hybridized carbons (Fsp3) is 0.700. The molecule has 19 heavy (non-hydrogen) atoms. The van der Waals surface area contributed by atoms with Crippen LogP contribution in [0.25, 0.3) is 0 Å². The van der Waals surface area contributed by atoms with E-state index < -0.39 is 9.84 Å². The van der Waals surface area contributed by atoms with E-state index in [9.17, 15) is 13.2 Å². The van der Waals surface area contributed by atoms with Gasteiger partial charge in [0.1, 0.15) is 16.4 Å². The molecule has 1 fully saturated rings. The van der Waals surface area contributed by atoms with Gasteiger partial charge in [-0.05, 0) is 12.8 Å². The van der Waals surface area contributed by atoms with Crippen molar-refractivity contribution in [2.45, 2.75) is 32.0 Å². The first-order valence-electron chi connectivity index (χ1n) is 6.07. The second-order valence-corrected chi connectivity index (χ2v) is 6.91. The first kappa shape index (κ1) is 13.9. The Hall–Kier alpha value is -1.48. The lowest BCUT2D eigenvalue weighted by molar-refractivity contribution is -0.122. The van der Waals surface area contributed by atoms with Crippen molar-refractivity contribution in [3.8, 4) is 0 Å². The van der Waals surface area contributed by atoms with Gasteiger partial charge in [-0.25, -0.2) is 13.1 Å². The van der Waals surface area contributed by atoms with Gasteiger partial charge in [-0.1, -0.05) is 5.21 Å². The Morgan fingerprint density at radius 1 is 1.47 bits per heavy atom. The molecule has 0 radical (unpaired) electrons. The zero-order valence-corrected chi connectivity index (χ0v) is 11.3. The van der Waals surface area contributed by atoms with Gasteiger partial charge in [0.25, 0.3) is 0 Å². The maximum Gasteiger partial charge on any atom is 0.242 e. The highest BCUT2D eigenvalue weighted by Gasteiger charge is 2.24. The van der Waals surface area contributed by atoms with Gasteiger partial charge >= 0.3 is 0 Å². The molecule has 0 unspecified atom stereocenters. The molecule has 1 aromatic heterocycles. The molecule has 0 spiro atoms. The van der Waals surface area contributed by atoms with Crippen LogP contribution in [0.1, 0.15) is 18.5 Å². The van der Waals surface area contributed by atoms with Gasteiger partial charge in [0.2, 0.25) is 5.91 Å². The van der Waals surface area contributed by atoms with Crippen molar-refractivity contribution in [2.75, 3.05) is 11.5 Å². The van der Waals surface area contributed by atoms with E-state index in [0.717, 1.165) is 0 Å². The van der Waals surface area contributed by atoms with Crippen molar-refractivity contribution in [3.63, 3.8) is 0 Å². The average Bonchev–Trinajstić information content (AvgIpc) is 2.79. The van der Waals surface area contributed by atoms with Crippen molar-refractivity contribution in [1.29, 1.82) is 0 Å². The van der Waals surface area contributed by atoms with Crippen molar-refractivity contribution >= 4 is 15.7 Å². The predicted octanol–water partition coefficient (Wildman–Crippen LogP) is -1.57. The number of carbonyl (C=O) groups excluding carboxylic acids is 1. The molecule has 0 saturated carbocycles. The van der Waals surface area contributed by atoms with Gasteiger partial charge in [-0.2, -0.15) is 0 Å². The average molecular weight is 287 g/mol. The third-order valence-corrected chi connectivity index (χ3v) is 4.74. The fourth-order valence-electron chi connectivity index (χ4n) is 1.96. The van der Waals surface area contributed by atoms with E-state index >= 15 is 0 Å². The molecule has 1 saturated heterocycles. The van der Waals surface area contributed by atoms with Crippen LogP contribution in [-0.2, 0) is 27.7 Å². The summed E-state index contributed by atoms with van der Waals surface area (Å²) in [5, 5.41) is 10.4. The van der Waals surface area contributed by atoms with Crippen LogP contribution in [-0.4, -0.2) is 46.9 Å². The Labute approximate surface area is 111 Å². The van der Waals surface area contributed by atoms with Crippen LogP contribution in [0.15, 0.2) is 6.20 Å². The van der Waals surface area contributed by atoms with E-state index in [-0.39, 0.29) is 36.5 Å². The molecule has 1 aliphatic heterocycles. The van der Waals surface area contributed by atoms with Gasteiger partial charge in [-0.15, -0.1) is 5.10 Å². The Bertz CT molecular complexity index is 539. The number of sulfone groups is 1. The van der Waals surface area contributed by atoms with Crippen LogP contribution < -0.4 is 11.1 Å². The number of nitrogens with two attached hydrogens (primary N) is 1. The molecular weight excluding hydrogens is 270 g/mol. The quantitative estimate of drug-likeness (QED) is 0.690. The molecule has 0 atom stereocenters. The number of hydrogen-bond donors (Lipinski definition) is 2. The number of aromatic nitrogens is 3. The fourth-order valence-corrected chi connectivity index (χ4v) is 3.46. The van der Waals surface area contributed by atoms with Crippen molar-refractivity contribution < 1.29 is 13.2 Å². The van der Waals surface area contributed by atoms with Crippen LogP contribution in [0.5, 0.6) is 0 Å². The SMILES string of the molecule is NCc1cn(CC(=O)NC2CCS(=O)(=O)CC2)nn1. The standard InChI is InChI=1S/C10H17N5O3S/c11-5-9-6-15(14-13-9)7-10(16)12-8-1-3-19(17,18)4-2-8/h6,8H,1-5,7,11H2,(H,12,16). The molecule has 1 aromatic rings. The zero-order chi connectivity index (χ0) is 13.9. The maximum absolute atomic E-state index is 11.8. The van der Waals surface area contributed by atoms with Crippen LogP contribution in [0.4, 0.5) is 0 Å². The van der Waals surface area contributed by atoms with Crippen molar-refractivity contribution in [2.24, 2.45) is 5.73 Å². The molecule has 106 valence electrons. The number of nitrogens with one attached hydrogen (secondary N) is 1. The summed E-state index contributed by atoms with van der Waals surface area (Å²) in [6, 6.07) is -0.0754. The lowest BCUT2D eigenvalue weighted by Crippen LogP contribution is -2.42. The second-order valence-electron chi connectivity index (χ2n) is 4.61. The highest BCUT2D eigenvalue weighted by Crippen LogP contribution is 2.11. The van der Waals surface area contributed by atoms with Crippen LogP contribution in [0, 0.1) is 0 Å². The summed E-state index contributed by atoms with van der Waals surface area (Å²) in [7, 11) is -2.90. The number of amides is 1. The minimum atomic E-state index is -2.90. The topological polar surface area (TPSA) is 120 Å². The van der Waals surface area contributed by atoms with Gasteiger partial charge in [0.05, 0.1) is 23.4 Å². The van der Waals surface area contributed by atoms with Gasteiger partial charge in [-0.3, -0.25) is 4.79 Å². The zero-order valence-electron chi connectivity index (χ0n) is 10.4. The summed E-state index contributed by atoms with van der Waals surface area (Å²) in [4.78, 5) is 11.8. The lowest BCUT2D eigenvalue weighted by atomic mass is 10.1. The Morgan fingerprint density at radius 2 is 2.16 bits per heavy atom. The third-order valence-electron chi connectivity index (χ3n) is 3.02. The molecule has 2 heterocycles. The molecule has 9 heteroatoms. The molecule has 0 bridgehead atoms. The van der Waals surface area contributed by atoms with Gasteiger partial charge < -0.3 is 11.1 Å². The summed E-state index contributed by atoms with van der Waals surface area (Å²) >= 11 is 0. The summed E-state index contributed by atoms with van der Waals surface area (Å²) in [6.07, 6.45) is 2.56. The van der Waals surface area contributed by atoms with E-state index in [4.69, 9.17) is 5.73 Å². The lowest BCUT2D eigenvalue weighted by Gasteiger charge is -2.22. The van der Waals surface area contributed by atoms with Crippen molar-refractivity contribution in [3.05, 3.63) is 11.9 Å². The van der Waals surface area contributed by atoms with Gasteiger partial charge in [0, 0.05) is 12.6 Å². The normalized spacial score (nSPS) is 19.2. The summed E-state index contributed by atoms with van der Waals surface area (Å²) in [6.45, 7) is 0.346. The van der Waals surface area contributed by atoms with E-state index in [1.807, 2.05) is 0 Å². The first-order valence-corrected chi connectivity index (χ1v) is 7.89. The highest BCUT2D eigenvalue weighted by molar-refractivity contribution is 7.91. The van der Waals surface area contributed by atoms with E-state index in [2.05, 4.69) is 15.6 Å². The number of carbonyl (C=O) groups is 1. The summed E-state index contributed by atoms with van der Waals surface area (Å²) < 4.78 is 23.9. The Morgan fingerprint density at radius 3 is 2.74 bits per heavy atom. The molecule has 0 aromatic carbocycles. The first-order chi connectivity index (χ1) is 8.98. The number of nitrogens with zero attached hydrogens (tertiary/aromatic N) is 3. The molecule has 1 amide bonds. The van der Waals surface area contributed by atoms with E-state index in [1.165, 1.54) is 4.68 Å². The van der Waals surface area contributed by atoms with Crippen molar-refractivity contribution in [1.82, 2.24) is 20.3 Å². The molecule has 2 rings (SSSR count). The number of rotatable bonds is 4. The summed E-state index contributed by atoms with van der Waals surface area (Å²) in [5.74, 6) is 0.0785. The summed E-state index contributed by atoms with van der Waals surface area (Å²) in [5.41, 5.74) is 6.02. The maximum atomic E-state index is 11.8. The molecule has 3 N–H and O–H groups in total. The monoisotopic (exact) mass is 287 g/mol. The Balaban J connectivity index is 1.81. The minimum Gasteiger partial charge on any atom is -0.352 e. The van der Waals surface area contributed by atoms with Gasteiger partial charge in [0.15, 0.2) is 0 Å². The second kappa shape index (κ2) is 5.66. The van der Waals surface area contributed by atoms with Crippen LogP contribution in [0.3, 0.4) is 0 Å². The van der Waals surface area contributed by atoms with Crippen LogP contribution in [0.2, 0.25) is 0 Å². The highest BCUT2D eigenvalue weighted by atomic mass is 32.2. The van der Waals surface area contributed by atoms with E-state index in [1.54, 1.807) is 6.20 Å². The largest absolute Gasteiger partial charge is 0.352 e. The molecular formula is C10H17N5O3S. The minimum absolute atomic E-state index is 0.0657. The molecule has 8 nitrogen and oxygen atoms in total. The number of hydrogen-bond acceptors (Lipinski definition) is 6. The Kier molecular flexibility index (Phi) is 4.15. The third kappa shape index (κ3) is 4.00. The smallest absolute Gasteiger partial charge is 0.242 e.